The van der Waals surface area contributed by atoms with Crippen LogP contribution in [0.4, 0.5) is 0 Å². The summed E-state index contributed by atoms with van der Waals surface area (Å²) in [6.45, 7) is 6.02. The fraction of sp³-hybridized carbons (Fsp3) is 0.889. The number of hydrogen-bond donors (Lipinski definition) is 0. The second-order valence-electron chi connectivity index (χ2n) is 4.85. The SMILES string of the molecule is CCC(C)(C)C(=O)[B][N+](C)(C)C. The Morgan fingerprint density at radius 3 is 2.00 bits per heavy atom. The van der Waals surface area contributed by atoms with Gasteiger partial charge < -0.3 is 9.19 Å². The van der Waals surface area contributed by atoms with E-state index in [0.717, 1.165) is 6.42 Å². The van der Waals surface area contributed by atoms with Crippen LogP contribution in [0.2, 0.25) is 0 Å². The molecule has 12 heavy (non-hydrogen) atoms. The first kappa shape index (κ1) is 11.7. The van der Waals surface area contributed by atoms with Crippen LogP contribution in [0.25, 0.3) is 0 Å². The van der Waals surface area contributed by atoms with Crippen molar-refractivity contribution in [1.29, 1.82) is 0 Å². The Bertz CT molecular complexity index is 170. The smallest absolute Gasteiger partial charge is 0.395 e. The monoisotopic (exact) mass is 169 g/mol. The molecule has 0 aliphatic rings. The third kappa shape index (κ3) is 3.91. The van der Waals surface area contributed by atoms with Crippen LogP contribution >= 0.6 is 0 Å². The van der Waals surface area contributed by atoms with Crippen LogP contribution in [0.3, 0.4) is 0 Å². The lowest BCUT2D eigenvalue weighted by atomic mass is 9.67. The van der Waals surface area contributed by atoms with Crippen molar-refractivity contribution in [3.05, 3.63) is 0 Å². The van der Waals surface area contributed by atoms with Gasteiger partial charge in [-0.1, -0.05) is 20.8 Å². The van der Waals surface area contributed by atoms with Crippen LogP contribution < -0.4 is 0 Å². The van der Waals surface area contributed by atoms with Crippen LogP contribution in [0.5, 0.6) is 0 Å². The van der Waals surface area contributed by atoms with Gasteiger partial charge in [-0.2, -0.15) is 0 Å². The molecule has 0 bridgehead atoms. The van der Waals surface area contributed by atoms with Crippen molar-refractivity contribution in [2.45, 2.75) is 27.2 Å². The minimum Gasteiger partial charge on any atom is -0.395 e. The van der Waals surface area contributed by atoms with Gasteiger partial charge >= 0.3 is 7.41 Å². The molecule has 0 atom stereocenters. The second-order valence-corrected chi connectivity index (χ2v) is 4.85. The molecular formula is C9H20BNO+. The quantitative estimate of drug-likeness (QED) is 0.579. The topological polar surface area (TPSA) is 17.1 Å². The van der Waals surface area contributed by atoms with Gasteiger partial charge in [0, 0.05) is 26.6 Å². The lowest BCUT2D eigenvalue weighted by Crippen LogP contribution is -2.47. The van der Waals surface area contributed by atoms with Gasteiger partial charge in [0.05, 0.1) is 0 Å². The van der Waals surface area contributed by atoms with Crippen molar-refractivity contribution in [2.24, 2.45) is 5.41 Å². The van der Waals surface area contributed by atoms with Crippen molar-refractivity contribution in [2.75, 3.05) is 21.1 Å². The molecule has 0 amide bonds. The molecule has 0 rings (SSSR count). The number of carbonyl (C=O) groups excluding carboxylic acids is 1. The highest BCUT2D eigenvalue weighted by molar-refractivity contribution is 6.69. The Kier molecular flexibility index (Phi) is 3.51. The van der Waals surface area contributed by atoms with Crippen LogP contribution in [0.15, 0.2) is 0 Å². The highest BCUT2D eigenvalue weighted by Crippen LogP contribution is 2.20. The molecule has 0 aromatic heterocycles. The Hall–Kier alpha value is -0.305. The molecule has 0 saturated heterocycles. The van der Waals surface area contributed by atoms with E-state index in [2.05, 4.69) is 0 Å². The molecule has 0 aromatic carbocycles. The first-order valence-corrected chi connectivity index (χ1v) is 4.40. The highest BCUT2D eigenvalue weighted by Gasteiger charge is 2.33. The molecule has 0 saturated carbocycles. The van der Waals surface area contributed by atoms with Crippen molar-refractivity contribution in [3.63, 3.8) is 0 Å². The molecule has 0 aromatic rings. The van der Waals surface area contributed by atoms with Gasteiger partial charge in [0.2, 0.25) is 0 Å². The summed E-state index contributed by atoms with van der Waals surface area (Å²) >= 11 is 0. The van der Waals surface area contributed by atoms with Gasteiger partial charge in [0.15, 0.2) is 5.68 Å². The van der Waals surface area contributed by atoms with Crippen LogP contribution in [0.1, 0.15) is 27.2 Å². The summed E-state index contributed by atoms with van der Waals surface area (Å²) in [5.41, 5.74) is 0.0309. The minimum absolute atomic E-state index is 0.203. The van der Waals surface area contributed by atoms with E-state index in [9.17, 15) is 4.79 Å². The molecule has 0 fully saturated rings. The molecule has 2 nitrogen and oxygen atoms in total. The van der Waals surface area contributed by atoms with Crippen molar-refractivity contribution in [3.8, 4) is 0 Å². The maximum Gasteiger partial charge on any atom is 0.526 e. The van der Waals surface area contributed by atoms with Gasteiger partial charge in [0.1, 0.15) is 0 Å². The van der Waals surface area contributed by atoms with Gasteiger partial charge in [-0.15, -0.1) is 0 Å². The van der Waals surface area contributed by atoms with E-state index in [0.29, 0.717) is 4.39 Å². The number of nitrogens with zero attached hydrogens (tertiary/aromatic N) is 1. The molecule has 0 N–H and O–H groups in total. The predicted octanol–water partition coefficient (Wildman–Crippen LogP) is 1.27. The molecule has 0 aliphatic heterocycles. The molecule has 0 spiro atoms. The summed E-state index contributed by atoms with van der Waals surface area (Å²) in [6.07, 6.45) is 0.891. The zero-order chi connectivity index (χ0) is 9.99. The third-order valence-corrected chi connectivity index (χ3v) is 2.06. The average molecular weight is 169 g/mol. The Labute approximate surface area is 76.8 Å². The maximum atomic E-state index is 11.6. The van der Waals surface area contributed by atoms with Gasteiger partial charge in [-0.25, -0.2) is 0 Å². The maximum absolute atomic E-state index is 11.6. The molecule has 1 radical (unpaired) electrons. The molecule has 0 unspecified atom stereocenters. The predicted molar refractivity (Wildman–Crippen MR) is 52.9 cm³/mol. The fourth-order valence-corrected chi connectivity index (χ4v) is 0.701. The van der Waals surface area contributed by atoms with Crippen LogP contribution in [-0.2, 0) is 4.79 Å². The van der Waals surface area contributed by atoms with Crippen LogP contribution in [0, 0.1) is 5.41 Å². The first-order chi connectivity index (χ1) is 5.19. The van der Waals surface area contributed by atoms with E-state index < -0.39 is 0 Å². The summed E-state index contributed by atoms with van der Waals surface area (Å²) in [4.78, 5) is 11.6. The number of rotatable bonds is 4. The van der Waals surface area contributed by atoms with Crippen LogP contribution in [-0.4, -0.2) is 38.6 Å². The van der Waals surface area contributed by atoms with E-state index in [4.69, 9.17) is 0 Å². The van der Waals surface area contributed by atoms with E-state index in [-0.39, 0.29) is 11.1 Å². The summed E-state index contributed by atoms with van der Waals surface area (Å²) in [5.74, 6) is 0. The first-order valence-electron chi connectivity index (χ1n) is 4.40. The Balaban J connectivity index is 4.23. The van der Waals surface area contributed by atoms with Gasteiger partial charge in [-0.05, 0) is 6.42 Å². The fourth-order valence-electron chi connectivity index (χ4n) is 0.701. The summed E-state index contributed by atoms with van der Waals surface area (Å²) in [6, 6.07) is 0. The average Bonchev–Trinajstić information content (AvgIpc) is 1.84. The number of carbonyl (C=O) groups is 1. The standard InChI is InChI=1S/C9H20BNO/c1-7-9(2,3)8(12)10-11(4,5)6/h7H2,1-6H3/q+1. The molecular weight excluding hydrogens is 149 g/mol. The molecule has 69 valence electrons. The van der Waals surface area contributed by atoms with Crippen molar-refractivity contribution in [1.82, 2.24) is 0 Å². The van der Waals surface area contributed by atoms with Gasteiger partial charge in [0.25, 0.3) is 0 Å². The summed E-state index contributed by atoms with van der Waals surface area (Å²) < 4.78 is 0.599. The molecule has 3 heteroatoms. The lowest BCUT2D eigenvalue weighted by molar-refractivity contribution is -0.753. The number of hydrogen-bond acceptors (Lipinski definition) is 1. The van der Waals surface area contributed by atoms with E-state index in [1.807, 2.05) is 41.9 Å². The van der Waals surface area contributed by atoms with E-state index in [1.54, 1.807) is 7.41 Å². The normalized spacial score (nSPS) is 12.8. The Morgan fingerprint density at radius 2 is 1.75 bits per heavy atom. The largest absolute Gasteiger partial charge is 0.526 e. The minimum atomic E-state index is -0.203. The zero-order valence-corrected chi connectivity index (χ0v) is 9.14. The zero-order valence-electron chi connectivity index (χ0n) is 9.14. The molecule has 0 heterocycles. The van der Waals surface area contributed by atoms with E-state index >= 15 is 0 Å². The third-order valence-electron chi connectivity index (χ3n) is 2.06. The Morgan fingerprint density at radius 1 is 1.33 bits per heavy atom. The summed E-state index contributed by atoms with van der Waals surface area (Å²) in [5, 5.41) is 0. The van der Waals surface area contributed by atoms with Crippen molar-refractivity contribution < 1.29 is 9.19 Å². The lowest BCUT2D eigenvalue weighted by Gasteiger charge is -2.26. The number of quaternary nitrogens is 1. The highest BCUT2D eigenvalue weighted by atomic mass is 16.1. The summed E-state index contributed by atoms with van der Waals surface area (Å²) in [7, 11) is 7.74. The molecule has 0 aliphatic carbocycles. The van der Waals surface area contributed by atoms with Crippen molar-refractivity contribution >= 4 is 13.1 Å². The van der Waals surface area contributed by atoms with Gasteiger partial charge in [-0.3, -0.25) is 0 Å². The second kappa shape index (κ2) is 3.61. The van der Waals surface area contributed by atoms with E-state index in [1.165, 1.54) is 0 Å².